The number of rotatable bonds is 3. The van der Waals surface area contributed by atoms with E-state index in [4.69, 9.17) is 5.11 Å². The molecule has 92 valence electrons. The summed E-state index contributed by atoms with van der Waals surface area (Å²) in [5.74, 6) is -1.05. The van der Waals surface area contributed by atoms with Gasteiger partial charge in [-0.25, -0.2) is 9.78 Å². The molecule has 0 bridgehead atoms. The fourth-order valence-electron chi connectivity index (χ4n) is 1.39. The molecule has 0 amide bonds. The van der Waals surface area contributed by atoms with Crippen molar-refractivity contribution in [3.8, 4) is 0 Å². The molecular weight excluding hydrogens is 364 g/mol. The summed E-state index contributed by atoms with van der Waals surface area (Å²) in [4.78, 5) is 14.6. The molecule has 2 N–H and O–H groups in total. The minimum Gasteiger partial charge on any atom is -0.477 e. The van der Waals surface area contributed by atoms with Gasteiger partial charge in [-0.05, 0) is 56.1 Å². The Morgan fingerprint density at radius 1 is 1.22 bits per heavy atom. The maximum absolute atomic E-state index is 10.8. The van der Waals surface area contributed by atoms with Gasteiger partial charge in [0.25, 0.3) is 0 Å². The molecule has 1 aromatic heterocycles. The third-order valence-electron chi connectivity index (χ3n) is 2.21. The molecule has 0 fully saturated rings. The Morgan fingerprint density at radius 2 is 1.89 bits per heavy atom. The monoisotopic (exact) mass is 370 g/mol. The van der Waals surface area contributed by atoms with E-state index in [2.05, 4.69) is 42.2 Å². The second-order valence-corrected chi connectivity index (χ2v) is 5.17. The van der Waals surface area contributed by atoms with Crippen molar-refractivity contribution in [3.05, 3.63) is 51.2 Å². The molecule has 0 spiro atoms. The number of aromatic carboxylic acids is 1. The van der Waals surface area contributed by atoms with Crippen molar-refractivity contribution >= 4 is 49.2 Å². The lowest BCUT2D eigenvalue weighted by Gasteiger charge is -2.10. The number of carboxylic acid groups (broad SMARTS) is 1. The number of hydrogen-bond donors (Lipinski definition) is 2. The van der Waals surface area contributed by atoms with Crippen molar-refractivity contribution in [3.63, 3.8) is 0 Å². The maximum Gasteiger partial charge on any atom is 0.354 e. The fourth-order valence-corrected chi connectivity index (χ4v) is 2.58. The van der Waals surface area contributed by atoms with E-state index in [1.165, 1.54) is 12.3 Å². The molecule has 1 heterocycles. The number of benzene rings is 1. The van der Waals surface area contributed by atoms with Crippen molar-refractivity contribution in [2.45, 2.75) is 0 Å². The number of halogens is 2. The number of anilines is 2. The molecular formula is C12H8Br2N2O2. The summed E-state index contributed by atoms with van der Waals surface area (Å²) in [6, 6.07) is 8.87. The first-order chi connectivity index (χ1) is 8.58. The summed E-state index contributed by atoms with van der Waals surface area (Å²) in [7, 11) is 0. The van der Waals surface area contributed by atoms with Crippen LogP contribution in [0.3, 0.4) is 0 Å². The number of nitrogens with one attached hydrogen (secondary N) is 1. The topological polar surface area (TPSA) is 62.2 Å². The van der Waals surface area contributed by atoms with Crippen LogP contribution in [0.5, 0.6) is 0 Å². The quantitative estimate of drug-likeness (QED) is 0.854. The molecule has 0 saturated carbocycles. The highest BCUT2D eigenvalue weighted by Gasteiger charge is 2.08. The Morgan fingerprint density at radius 3 is 2.50 bits per heavy atom. The van der Waals surface area contributed by atoms with Crippen LogP contribution in [0.25, 0.3) is 0 Å². The van der Waals surface area contributed by atoms with Gasteiger partial charge in [0.1, 0.15) is 5.69 Å². The van der Waals surface area contributed by atoms with Crippen molar-refractivity contribution in [1.82, 2.24) is 4.98 Å². The molecule has 0 radical (unpaired) electrons. The van der Waals surface area contributed by atoms with Gasteiger partial charge >= 0.3 is 5.97 Å². The van der Waals surface area contributed by atoms with Gasteiger partial charge in [-0.15, -0.1) is 0 Å². The molecule has 0 unspecified atom stereocenters. The molecule has 0 aliphatic heterocycles. The molecule has 18 heavy (non-hydrogen) atoms. The first-order valence-corrected chi connectivity index (χ1v) is 6.57. The molecule has 6 heteroatoms. The van der Waals surface area contributed by atoms with Crippen molar-refractivity contribution < 1.29 is 9.90 Å². The summed E-state index contributed by atoms with van der Waals surface area (Å²) >= 11 is 6.86. The minimum absolute atomic E-state index is 0.00294. The Kier molecular flexibility index (Phi) is 3.98. The highest BCUT2D eigenvalue weighted by atomic mass is 79.9. The van der Waals surface area contributed by atoms with Gasteiger partial charge in [0.15, 0.2) is 0 Å². The van der Waals surface area contributed by atoms with E-state index in [1.807, 2.05) is 18.2 Å². The van der Waals surface area contributed by atoms with E-state index in [1.54, 1.807) is 6.07 Å². The van der Waals surface area contributed by atoms with Crippen LogP contribution in [0.1, 0.15) is 10.5 Å². The zero-order valence-electron chi connectivity index (χ0n) is 9.02. The minimum atomic E-state index is -1.05. The van der Waals surface area contributed by atoms with E-state index >= 15 is 0 Å². The first-order valence-electron chi connectivity index (χ1n) is 4.98. The van der Waals surface area contributed by atoms with Crippen LogP contribution in [0.4, 0.5) is 11.4 Å². The highest BCUT2D eigenvalue weighted by Crippen LogP contribution is 2.33. The Hall–Kier alpha value is -1.40. The van der Waals surface area contributed by atoms with E-state index in [0.717, 1.165) is 14.6 Å². The first kappa shape index (κ1) is 13.0. The van der Waals surface area contributed by atoms with Gasteiger partial charge in [0, 0.05) is 20.8 Å². The predicted octanol–water partition coefficient (Wildman–Crippen LogP) is 4.05. The molecule has 0 atom stereocenters. The van der Waals surface area contributed by atoms with Crippen LogP contribution in [0, 0.1) is 0 Å². The van der Waals surface area contributed by atoms with Crippen LogP contribution in [0.15, 0.2) is 45.5 Å². The van der Waals surface area contributed by atoms with E-state index < -0.39 is 5.97 Å². The SMILES string of the molecule is O=C(O)c1cc(Nc2c(Br)cccc2Br)ccn1. The van der Waals surface area contributed by atoms with E-state index in [9.17, 15) is 4.79 Å². The lowest BCUT2D eigenvalue weighted by Crippen LogP contribution is -2.01. The zero-order valence-corrected chi connectivity index (χ0v) is 12.2. The molecule has 0 saturated heterocycles. The van der Waals surface area contributed by atoms with Crippen LogP contribution < -0.4 is 5.32 Å². The number of carbonyl (C=O) groups is 1. The second kappa shape index (κ2) is 5.49. The summed E-state index contributed by atoms with van der Waals surface area (Å²) in [6.07, 6.45) is 1.45. The number of hydrogen-bond acceptors (Lipinski definition) is 3. The Balaban J connectivity index is 2.34. The molecule has 2 aromatic rings. The smallest absolute Gasteiger partial charge is 0.354 e. The Labute approximate surface area is 120 Å². The van der Waals surface area contributed by atoms with E-state index in [-0.39, 0.29) is 5.69 Å². The zero-order chi connectivity index (χ0) is 13.1. The summed E-state index contributed by atoms with van der Waals surface area (Å²) in [6.45, 7) is 0. The molecule has 0 aliphatic carbocycles. The van der Waals surface area contributed by atoms with Crippen molar-refractivity contribution in [1.29, 1.82) is 0 Å². The fraction of sp³-hybridized carbons (Fsp3) is 0. The lowest BCUT2D eigenvalue weighted by molar-refractivity contribution is 0.0690. The number of carboxylic acids is 1. The third kappa shape index (κ3) is 2.88. The number of aromatic nitrogens is 1. The van der Waals surface area contributed by atoms with Crippen LogP contribution in [-0.4, -0.2) is 16.1 Å². The third-order valence-corrected chi connectivity index (χ3v) is 3.53. The van der Waals surface area contributed by atoms with Crippen molar-refractivity contribution in [2.75, 3.05) is 5.32 Å². The summed E-state index contributed by atoms with van der Waals surface area (Å²) < 4.78 is 1.76. The molecule has 4 nitrogen and oxygen atoms in total. The maximum atomic E-state index is 10.8. The number of pyridine rings is 1. The highest BCUT2D eigenvalue weighted by molar-refractivity contribution is 9.11. The molecule has 2 rings (SSSR count). The van der Waals surface area contributed by atoms with Gasteiger partial charge in [-0.3, -0.25) is 0 Å². The Bertz CT molecular complexity index is 582. The lowest BCUT2D eigenvalue weighted by atomic mass is 10.2. The summed E-state index contributed by atoms with van der Waals surface area (Å²) in [5.41, 5.74) is 1.50. The average molecular weight is 372 g/mol. The standard InChI is InChI=1S/C12H8Br2N2O2/c13-8-2-1-3-9(14)11(8)16-7-4-5-15-10(6-7)12(17)18/h1-6H,(H,15,16)(H,17,18). The van der Waals surface area contributed by atoms with Gasteiger partial charge in [0.05, 0.1) is 5.69 Å². The van der Waals surface area contributed by atoms with E-state index in [0.29, 0.717) is 5.69 Å². The average Bonchev–Trinajstić information content (AvgIpc) is 2.34. The van der Waals surface area contributed by atoms with Gasteiger partial charge < -0.3 is 10.4 Å². The summed E-state index contributed by atoms with van der Waals surface area (Å²) in [5, 5.41) is 12.0. The normalized spacial score (nSPS) is 10.1. The number of nitrogens with zero attached hydrogens (tertiary/aromatic N) is 1. The van der Waals surface area contributed by atoms with Gasteiger partial charge in [-0.1, -0.05) is 6.07 Å². The number of para-hydroxylation sites is 1. The molecule has 0 aliphatic rings. The predicted molar refractivity (Wildman–Crippen MR) is 76.3 cm³/mol. The largest absolute Gasteiger partial charge is 0.477 e. The molecule has 1 aromatic carbocycles. The van der Waals surface area contributed by atoms with Gasteiger partial charge in [0.2, 0.25) is 0 Å². The van der Waals surface area contributed by atoms with Crippen LogP contribution in [-0.2, 0) is 0 Å². The van der Waals surface area contributed by atoms with Crippen LogP contribution >= 0.6 is 31.9 Å². The second-order valence-electron chi connectivity index (χ2n) is 3.46. The van der Waals surface area contributed by atoms with Gasteiger partial charge in [-0.2, -0.15) is 0 Å². The van der Waals surface area contributed by atoms with Crippen molar-refractivity contribution in [2.24, 2.45) is 0 Å². The van der Waals surface area contributed by atoms with Crippen LogP contribution in [0.2, 0.25) is 0 Å².